The van der Waals surface area contributed by atoms with E-state index in [1.165, 1.54) is 16.0 Å². The minimum atomic E-state index is 0.0668. The van der Waals surface area contributed by atoms with Crippen molar-refractivity contribution >= 4 is 29.1 Å². The van der Waals surface area contributed by atoms with Gasteiger partial charge in [-0.15, -0.1) is 11.3 Å². The molecule has 5 heteroatoms. The van der Waals surface area contributed by atoms with Gasteiger partial charge in [-0.2, -0.15) is 11.8 Å². The summed E-state index contributed by atoms with van der Waals surface area (Å²) in [6.45, 7) is 2.31. The molecule has 0 unspecified atom stereocenters. The first-order chi connectivity index (χ1) is 10.8. The van der Waals surface area contributed by atoms with Crippen molar-refractivity contribution in [2.45, 2.75) is 18.7 Å². The summed E-state index contributed by atoms with van der Waals surface area (Å²) in [5, 5.41) is 5.15. The molecule has 0 fully saturated rings. The minimum Gasteiger partial charge on any atom is -0.337 e. The smallest absolute Gasteiger partial charge is 0.317 e. The summed E-state index contributed by atoms with van der Waals surface area (Å²) >= 11 is 3.65. The summed E-state index contributed by atoms with van der Waals surface area (Å²) in [6, 6.07) is 12.6. The molecular weight excluding hydrogens is 312 g/mol. The van der Waals surface area contributed by atoms with Crippen LogP contribution in [-0.2, 0) is 18.7 Å². The molecule has 1 aromatic carbocycles. The van der Waals surface area contributed by atoms with Crippen molar-refractivity contribution in [2.24, 2.45) is 0 Å². The number of thioether (sulfide) groups is 1. The van der Waals surface area contributed by atoms with Crippen LogP contribution in [0, 0.1) is 0 Å². The fourth-order valence-electron chi connectivity index (χ4n) is 2.53. The average molecular weight is 332 g/mol. The van der Waals surface area contributed by atoms with Crippen molar-refractivity contribution in [2.75, 3.05) is 18.8 Å². The van der Waals surface area contributed by atoms with Gasteiger partial charge >= 0.3 is 6.03 Å². The van der Waals surface area contributed by atoms with Crippen LogP contribution in [0.3, 0.4) is 0 Å². The average Bonchev–Trinajstić information content (AvgIpc) is 3.03. The predicted octanol–water partition coefficient (Wildman–Crippen LogP) is 3.75. The highest BCUT2D eigenvalue weighted by atomic mass is 32.2. The molecule has 1 aliphatic heterocycles. The van der Waals surface area contributed by atoms with Crippen molar-refractivity contribution in [3.63, 3.8) is 0 Å². The molecule has 0 saturated carbocycles. The number of benzene rings is 1. The molecule has 3 nitrogen and oxygen atoms in total. The Hall–Kier alpha value is -1.46. The van der Waals surface area contributed by atoms with Gasteiger partial charge in [0.2, 0.25) is 0 Å². The summed E-state index contributed by atoms with van der Waals surface area (Å²) in [4.78, 5) is 15.5. The number of thiophene rings is 1. The number of rotatable bonds is 5. The quantitative estimate of drug-likeness (QED) is 0.846. The summed E-state index contributed by atoms with van der Waals surface area (Å²) in [5.74, 6) is 1.94. The van der Waals surface area contributed by atoms with Gasteiger partial charge < -0.3 is 10.2 Å². The monoisotopic (exact) mass is 332 g/mol. The third-order valence-corrected chi connectivity index (χ3v) is 5.78. The number of urea groups is 1. The van der Waals surface area contributed by atoms with Crippen LogP contribution >= 0.6 is 23.1 Å². The maximum Gasteiger partial charge on any atom is 0.317 e. The van der Waals surface area contributed by atoms with Gasteiger partial charge in [-0.25, -0.2) is 4.79 Å². The van der Waals surface area contributed by atoms with Gasteiger partial charge in [0.15, 0.2) is 0 Å². The number of carbonyl (C=O) groups is 1. The van der Waals surface area contributed by atoms with Crippen LogP contribution in [0.1, 0.15) is 16.0 Å². The van der Waals surface area contributed by atoms with E-state index in [-0.39, 0.29) is 6.03 Å². The molecular formula is C17H20N2OS2. The van der Waals surface area contributed by atoms with Crippen molar-refractivity contribution in [1.29, 1.82) is 0 Å². The van der Waals surface area contributed by atoms with E-state index in [2.05, 4.69) is 41.0 Å². The number of hydrogen-bond donors (Lipinski definition) is 1. The highest BCUT2D eigenvalue weighted by molar-refractivity contribution is 7.98. The van der Waals surface area contributed by atoms with Gasteiger partial charge in [-0.3, -0.25) is 0 Å². The third kappa shape index (κ3) is 4.05. The van der Waals surface area contributed by atoms with E-state index in [4.69, 9.17) is 0 Å². The first-order valence-corrected chi connectivity index (χ1v) is 9.56. The minimum absolute atomic E-state index is 0.0668. The zero-order chi connectivity index (χ0) is 15.2. The van der Waals surface area contributed by atoms with Crippen LogP contribution in [0.5, 0.6) is 0 Å². The van der Waals surface area contributed by atoms with Gasteiger partial charge in [-0.05, 0) is 29.0 Å². The zero-order valence-corrected chi connectivity index (χ0v) is 14.1. The number of nitrogens with zero attached hydrogens (tertiary/aromatic N) is 1. The number of fused-ring (bicyclic) bond motifs is 1. The van der Waals surface area contributed by atoms with Crippen molar-refractivity contribution in [1.82, 2.24) is 10.2 Å². The molecule has 0 radical (unpaired) electrons. The lowest BCUT2D eigenvalue weighted by molar-refractivity contribution is 0.193. The second kappa shape index (κ2) is 7.70. The molecule has 116 valence electrons. The van der Waals surface area contributed by atoms with E-state index in [1.807, 2.05) is 22.7 Å². The van der Waals surface area contributed by atoms with Crippen LogP contribution in [0.15, 0.2) is 41.8 Å². The normalized spacial score (nSPS) is 13.7. The zero-order valence-electron chi connectivity index (χ0n) is 12.5. The summed E-state index contributed by atoms with van der Waals surface area (Å²) < 4.78 is 0. The fraction of sp³-hybridized carbons (Fsp3) is 0.353. The summed E-state index contributed by atoms with van der Waals surface area (Å²) in [6.07, 6.45) is 0.989. The Labute approximate surface area is 139 Å². The summed E-state index contributed by atoms with van der Waals surface area (Å²) in [5.41, 5.74) is 2.64. The molecule has 0 bridgehead atoms. The van der Waals surface area contributed by atoms with Gasteiger partial charge in [0, 0.05) is 36.0 Å². The van der Waals surface area contributed by atoms with Crippen LogP contribution < -0.4 is 5.32 Å². The Morgan fingerprint density at radius 2 is 2.14 bits per heavy atom. The first-order valence-electron chi connectivity index (χ1n) is 7.52. The Balaban J connectivity index is 1.35. The number of nitrogens with one attached hydrogen (secondary N) is 1. The molecule has 22 heavy (non-hydrogen) atoms. The van der Waals surface area contributed by atoms with Crippen LogP contribution in [0.4, 0.5) is 4.79 Å². The van der Waals surface area contributed by atoms with Crippen molar-refractivity contribution in [3.8, 4) is 0 Å². The SMILES string of the molecule is O=C(NCCSCc1ccccc1)N1CCc2sccc2C1. The van der Waals surface area contributed by atoms with E-state index in [9.17, 15) is 4.79 Å². The topological polar surface area (TPSA) is 32.3 Å². The lowest BCUT2D eigenvalue weighted by Gasteiger charge is -2.27. The largest absolute Gasteiger partial charge is 0.337 e. The molecule has 1 aromatic heterocycles. The third-order valence-electron chi connectivity index (χ3n) is 3.73. The van der Waals surface area contributed by atoms with Crippen molar-refractivity contribution in [3.05, 3.63) is 57.8 Å². The molecule has 0 atom stereocenters. The Kier molecular flexibility index (Phi) is 5.40. The maximum absolute atomic E-state index is 12.2. The van der Waals surface area contributed by atoms with E-state index >= 15 is 0 Å². The number of carbonyl (C=O) groups excluding carboxylic acids is 1. The first kappa shape index (κ1) is 15.4. The van der Waals surface area contributed by atoms with E-state index < -0.39 is 0 Å². The second-order valence-electron chi connectivity index (χ2n) is 5.31. The summed E-state index contributed by atoms with van der Waals surface area (Å²) in [7, 11) is 0. The van der Waals surface area contributed by atoms with Crippen LogP contribution in [0.2, 0.25) is 0 Å². The van der Waals surface area contributed by atoms with E-state index in [0.29, 0.717) is 0 Å². The number of amides is 2. The standard InChI is InChI=1S/C17H20N2OS2/c20-17(19-9-6-16-15(12-19)7-10-22-16)18-8-11-21-13-14-4-2-1-3-5-14/h1-5,7,10H,6,8-9,11-13H2,(H,18,20). The second-order valence-corrected chi connectivity index (χ2v) is 7.42. The predicted molar refractivity (Wildman–Crippen MR) is 94.4 cm³/mol. The van der Waals surface area contributed by atoms with Crippen LogP contribution in [-0.4, -0.2) is 29.8 Å². The Bertz CT molecular complexity index is 612. The molecule has 0 spiro atoms. The van der Waals surface area contributed by atoms with Gasteiger partial charge in [0.25, 0.3) is 0 Å². The molecule has 1 N–H and O–H groups in total. The molecule has 2 amide bonds. The van der Waals surface area contributed by atoms with Crippen molar-refractivity contribution < 1.29 is 4.79 Å². The fourth-order valence-corrected chi connectivity index (χ4v) is 4.24. The highest BCUT2D eigenvalue weighted by Crippen LogP contribution is 2.23. The van der Waals surface area contributed by atoms with Gasteiger partial charge in [-0.1, -0.05) is 30.3 Å². The molecule has 0 aliphatic carbocycles. The lowest BCUT2D eigenvalue weighted by atomic mass is 10.1. The highest BCUT2D eigenvalue weighted by Gasteiger charge is 2.20. The lowest BCUT2D eigenvalue weighted by Crippen LogP contribution is -2.43. The maximum atomic E-state index is 12.2. The van der Waals surface area contributed by atoms with Gasteiger partial charge in [0.1, 0.15) is 0 Å². The number of hydrogen-bond acceptors (Lipinski definition) is 3. The van der Waals surface area contributed by atoms with Gasteiger partial charge in [0.05, 0.1) is 0 Å². The molecule has 1 aliphatic rings. The molecule has 2 aromatic rings. The Morgan fingerprint density at radius 3 is 3.00 bits per heavy atom. The molecule has 2 heterocycles. The Morgan fingerprint density at radius 1 is 1.27 bits per heavy atom. The molecule has 3 rings (SSSR count). The van der Waals surface area contributed by atoms with E-state index in [1.54, 1.807) is 11.3 Å². The van der Waals surface area contributed by atoms with E-state index in [0.717, 1.165) is 37.6 Å². The van der Waals surface area contributed by atoms with Crippen LogP contribution in [0.25, 0.3) is 0 Å². The molecule has 0 saturated heterocycles.